The average molecular weight is 247 g/mol. The highest BCUT2D eigenvalue weighted by molar-refractivity contribution is 5.97. The van der Waals surface area contributed by atoms with Crippen LogP contribution in [0.3, 0.4) is 0 Å². The zero-order valence-electron chi connectivity index (χ0n) is 11.1. The first-order chi connectivity index (χ1) is 8.61. The van der Waals surface area contributed by atoms with Crippen LogP contribution in [0, 0.1) is 12.8 Å². The standard InChI is InChI=1S/C14H21N3O/c1-10-5-7-17(8-6-10)13-4-3-12(9-11(13)2)14(15)16-18/h3-4,9-10,18H,5-8H2,1-2H3,(H2,15,16). The summed E-state index contributed by atoms with van der Waals surface area (Å²) in [6.45, 7) is 6.61. The van der Waals surface area contributed by atoms with Gasteiger partial charge in [-0.05, 0) is 49.4 Å². The molecule has 18 heavy (non-hydrogen) atoms. The minimum atomic E-state index is 0.164. The Bertz CT molecular complexity index is 448. The van der Waals surface area contributed by atoms with E-state index < -0.39 is 0 Å². The molecule has 1 aromatic rings. The molecule has 0 unspecified atom stereocenters. The van der Waals surface area contributed by atoms with Gasteiger partial charge in [0.2, 0.25) is 0 Å². The second kappa shape index (κ2) is 5.29. The Morgan fingerprint density at radius 3 is 2.61 bits per heavy atom. The second-order valence-electron chi connectivity index (χ2n) is 5.16. The van der Waals surface area contributed by atoms with Gasteiger partial charge in [-0.15, -0.1) is 0 Å². The molecule has 0 saturated carbocycles. The molecular weight excluding hydrogens is 226 g/mol. The Balaban J connectivity index is 2.20. The highest BCUT2D eigenvalue weighted by atomic mass is 16.4. The minimum absolute atomic E-state index is 0.164. The summed E-state index contributed by atoms with van der Waals surface area (Å²) in [7, 11) is 0. The highest BCUT2D eigenvalue weighted by Gasteiger charge is 2.17. The molecular formula is C14H21N3O. The van der Waals surface area contributed by atoms with Gasteiger partial charge in [-0.2, -0.15) is 0 Å². The predicted molar refractivity (Wildman–Crippen MR) is 74.3 cm³/mol. The molecule has 1 saturated heterocycles. The van der Waals surface area contributed by atoms with Crippen LogP contribution in [0.4, 0.5) is 5.69 Å². The van der Waals surface area contributed by atoms with Crippen LogP contribution in [0.15, 0.2) is 23.4 Å². The second-order valence-corrected chi connectivity index (χ2v) is 5.16. The normalized spacial score (nSPS) is 18.1. The van der Waals surface area contributed by atoms with Crippen LogP contribution in [0.1, 0.15) is 30.9 Å². The molecule has 0 aromatic heterocycles. The lowest BCUT2D eigenvalue weighted by Gasteiger charge is -2.33. The summed E-state index contributed by atoms with van der Waals surface area (Å²) in [6, 6.07) is 5.95. The molecule has 1 fully saturated rings. The summed E-state index contributed by atoms with van der Waals surface area (Å²) in [6.07, 6.45) is 2.50. The van der Waals surface area contributed by atoms with Crippen LogP contribution in [-0.4, -0.2) is 24.1 Å². The van der Waals surface area contributed by atoms with E-state index in [4.69, 9.17) is 10.9 Å². The van der Waals surface area contributed by atoms with Gasteiger partial charge in [0.15, 0.2) is 5.84 Å². The van der Waals surface area contributed by atoms with E-state index in [1.165, 1.54) is 24.1 Å². The van der Waals surface area contributed by atoms with Crippen LogP contribution < -0.4 is 10.6 Å². The highest BCUT2D eigenvalue weighted by Crippen LogP contribution is 2.26. The summed E-state index contributed by atoms with van der Waals surface area (Å²) in [4.78, 5) is 2.42. The number of rotatable bonds is 2. The number of benzene rings is 1. The topological polar surface area (TPSA) is 61.9 Å². The number of amidine groups is 1. The van der Waals surface area contributed by atoms with E-state index in [1.54, 1.807) is 0 Å². The van der Waals surface area contributed by atoms with Crippen molar-refractivity contribution in [3.63, 3.8) is 0 Å². The Morgan fingerprint density at radius 2 is 2.06 bits per heavy atom. The van der Waals surface area contributed by atoms with Gasteiger partial charge in [-0.3, -0.25) is 0 Å². The summed E-state index contributed by atoms with van der Waals surface area (Å²) in [5.41, 5.74) is 8.80. The molecule has 0 bridgehead atoms. The fraction of sp³-hybridized carbons (Fsp3) is 0.500. The summed E-state index contributed by atoms with van der Waals surface area (Å²) in [5, 5.41) is 11.7. The maximum absolute atomic E-state index is 8.68. The number of nitrogens with zero attached hydrogens (tertiary/aromatic N) is 2. The Morgan fingerprint density at radius 1 is 1.39 bits per heavy atom. The number of aryl methyl sites for hydroxylation is 1. The zero-order valence-corrected chi connectivity index (χ0v) is 11.1. The van der Waals surface area contributed by atoms with Crippen LogP contribution in [-0.2, 0) is 0 Å². The predicted octanol–water partition coefficient (Wildman–Crippen LogP) is 2.33. The number of piperidine rings is 1. The zero-order chi connectivity index (χ0) is 13.1. The van der Waals surface area contributed by atoms with Crippen molar-refractivity contribution in [3.8, 4) is 0 Å². The van der Waals surface area contributed by atoms with E-state index in [9.17, 15) is 0 Å². The molecule has 4 heteroatoms. The third kappa shape index (κ3) is 2.58. The Kier molecular flexibility index (Phi) is 3.75. The van der Waals surface area contributed by atoms with E-state index in [0.29, 0.717) is 0 Å². The molecule has 98 valence electrons. The fourth-order valence-electron chi connectivity index (χ4n) is 2.48. The first-order valence-corrected chi connectivity index (χ1v) is 6.45. The van der Waals surface area contributed by atoms with E-state index >= 15 is 0 Å². The lowest BCUT2D eigenvalue weighted by molar-refractivity contribution is 0.318. The van der Waals surface area contributed by atoms with Crippen LogP contribution in [0.25, 0.3) is 0 Å². The number of hydrogen-bond donors (Lipinski definition) is 2. The molecule has 3 N–H and O–H groups in total. The monoisotopic (exact) mass is 247 g/mol. The molecule has 4 nitrogen and oxygen atoms in total. The smallest absolute Gasteiger partial charge is 0.170 e. The fourth-order valence-corrected chi connectivity index (χ4v) is 2.48. The summed E-state index contributed by atoms with van der Waals surface area (Å²) in [5.74, 6) is 0.995. The first-order valence-electron chi connectivity index (χ1n) is 6.45. The maximum atomic E-state index is 8.68. The van der Waals surface area contributed by atoms with Crippen LogP contribution in [0.5, 0.6) is 0 Å². The number of anilines is 1. The number of oxime groups is 1. The average Bonchev–Trinajstić information content (AvgIpc) is 2.39. The van der Waals surface area contributed by atoms with Gasteiger partial charge in [-0.1, -0.05) is 12.1 Å². The van der Waals surface area contributed by atoms with Crippen molar-refractivity contribution in [3.05, 3.63) is 29.3 Å². The third-order valence-corrected chi connectivity index (χ3v) is 3.72. The minimum Gasteiger partial charge on any atom is -0.409 e. The van der Waals surface area contributed by atoms with Crippen LogP contribution in [0.2, 0.25) is 0 Å². The van der Waals surface area contributed by atoms with Crippen molar-refractivity contribution >= 4 is 11.5 Å². The van der Waals surface area contributed by atoms with E-state index in [2.05, 4.69) is 30.0 Å². The van der Waals surface area contributed by atoms with Crippen LogP contribution >= 0.6 is 0 Å². The van der Waals surface area contributed by atoms with E-state index in [-0.39, 0.29) is 5.84 Å². The van der Waals surface area contributed by atoms with Crippen molar-refractivity contribution in [2.75, 3.05) is 18.0 Å². The van der Waals surface area contributed by atoms with E-state index in [1.807, 2.05) is 12.1 Å². The molecule has 1 aliphatic rings. The molecule has 0 aliphatic carbocycles. The largest absolute Gasteiger partial charge is 0.409 e. The van der Waals surface area contributed by atoms with Crippen molar-refractivity contribution in [1.82, 2.24) is 0 Å². The molecule has 0 radical (unpaired) electrons. The van der Waals surface area contributed by atoms with E-state index in [0.717, 1.165) is 24.6 Å². The molecule has 0 amide bonds. The van der Waals surface area contributed by atoms with Crippen molar-refractivity contribution in [2.24, 2.45) is 16.8 Å². The van der Waals surface area contributed by atoms with Gasteiger partial charge >= 0.3 is 0 Å². The summed E-state index contributed by atoms with van der Waals surface area (Å²) >= 11 is 0. The third-order valence-electron chi connectivity index (χ3n) is 3.72. The first kappa shape index (κ1) is 12.7. The van der Waals surface area contributed by atoms with Gasteiger partial charge in [0.25, 0.3) is 0 Å². The molecule has 2 rings (SSSR count). The van der Waals surface area contributed by atoms with Gasteiger partial charge in [-0.25, -0.2) is 0 Å². The lowest BCUT2D eigenvalue weighted by Crippen LogP contribution is -2.33. The van der Waals surface area contributed by atoms with Gasteiger partial charge in [0.05, 0.1) is 0 Å². The Hall–Kier alpha value is -1.71. The SMILES string of the molecule is Cc1cc(/C(N)=N/O)ccc1N1CCC(C)CC1. The summed E-state index contributed by atoms with van der Waals surface area (Å²) < 4.78 is 0. The van der Waals surface area contributed by atoms with Crippen molar-refractivity contribution in [2.45, 2.75) is 26.7 Å². The van der Waals surface area contributed by atoms with Gasteiger partial charge < -0.3 is 15.8 Å². The molecule has 1 aliphatic heterocycles. The molecule has 0 spiro atoms. The van der Waals surface area contributed by atoms with Crippen molar-refractivity contribution in [1.29, 1.82) is 0 Å². The number of nitrogens with two attached hydrogens (primary N) is 1. The maximum Gasteiger partial charge on any atom is 0.170 e. The lowest BCUT2D eigenvalue weighted by atomic mass is 9.98. The molecule has 0 atom stereocenters. The Labute approximate surface area is 108 Å². The quantitative estimate of drug-likeness (QED) is 0.365. The molecule has 1 heterocycles. The number of hydrogen-bond acceptors (Lipinski definition) is 3. The van der Waals surface area contributed by atoms with Gasteiger partial charge in [0, 0.05) is 24.3 Å². The van der Waals surface area contributed by atoms with Gasteiger partial charge in [0.1, 0.15) is 0 Å². The van der Waals surface area contributed by atoms with Crippen molar-refractivity contribution < 1.29 is 5.21 Å². The molecule has 1 aromatic carbocycles.